The van der Waals surface area contributed by atoms with Gasteiger partial charge in [0.05, 0.1) is 0 Å². The van der Waals surface area contributed by atoms with Crippen molar-refractivity contribution in [2.75, 3.05) is 0 Å². The number of ether oxygens (including phenoxy) is 1. The monoisotopic (exact) mass is 322 g/mol. The second-order valence-corrected chi connectivity index (χ2v) is 5.27. The molecule has 100 valence electrons. The van der Waals surface area contributed by atoms with Crippen molar-refractivity contribution in [3.63, 3.8) is 0 Å². The molecule has 0 saturated heterocycles. The molecular weight excluding hydrogens is 307 g/mol. The highest BCUT2D eigenvalue weighted by atomic mass is 79.9. The van der Waals surface area contributed by atoms with Crippen LogP contribution in [0.3, 0.4) is 0 Å². The number of hydrogen-bond donors (Lipinski definition) is 0. The Morgan fingerprint density at radius 3 is 2.47 bits per heavy atom. The summed E-state index contributed by atoms with van der Waals surface area (Å²) < 4.78 is 19.4. The van der Waals surface area contributed by atoms with Crippen molar-refractivity contribution in [3.8, 4) is 5.75 Å². The predicted molar refractivity (Wildman–Crippen MR) is 78.9 cm³/mol. The van der Waals surface area contributed by atoms with Gasteiger partial charge in [0.1, 0.15) is 18.2 Å². The smallest absolute Gasteiger partial charge is 0.124 e. The summed E-state index contributed by atoms with van der Waals surface area (Å²) in [5.41, 5.74) is 2.25. The lowest BCUT2D eigenvalue weighted by Crippen LogP contribution is -1.97. The van der Waals surface area contributed by atoms with Crippen molar-refractivity contribution in [1.82, 2.24) is 0 Å². The zero-order valence-electron chi connectivity index (χ0n) is 10.8. The molecule has 0 aliphatic heterocycles. The number of aryl methyl sites for hydroxylation is 1. The molecule has 0 radical (unpaired) electrons. The minimum Gasteiger partial charge on any atom is -0.489 e. The van der Waals surface area contributed by atoms with Gasteiger partial charge in [0.15, 0.2) is 0 Å². The van der Waals surface area contributed by atoms with Gasteiger partial charge in [-0.1, -0.05) is 47.5 Å². The van der Waals surface area contributed by atoms with Crippen LogP contribution in [0.15, 0.2) is 46.9 Å². The van der Waals surface area contributed by atoms with Crippen LogP contribution in [-0.2, 0) is 13.0 Å². The Labute approximate surface area is 121 Å². The van der Waals surface area contributed by atoms with Gasteiger partial charge >= 0.3 is 0 Å². The number of benzene rings is 2. The number of halogens is 2. The van der Waals surface area contributed by atoms with Crippen molar-refractivity contribution >= 4 is 15.9 Å². The van der Waals surface area contributed by atoms with E-state index in [1.807, 2.05) is 12.1 Å². The molecule has 19 heavy (non-hydrogen) atoms. The van der Waals surface area contributed by atoms with Crippen LogP contribution in [0.25, 0.3) is 0 Å². The van der Waals surface area contributed by atoms with Gasteiger partial charge in [-0.15, -0.1) is 0 Å². The minimum atomic E-state index is -0.250. The van der Waals surface area contributed by atoms with Gasteiger partial charge in [0, 0.05) is 10.0 Å². The maximum Gasteiger partial charge on any atom is 0.124 e. The topological polar surface area (TPSA) is 9.23 Å². The van der Waals surface area contributed by atoms with E-state index in [1.54, 1.807) is 6.07 Å². The first kappa shape index (κ1) is 14.1. The lowest BCUT2D eigenvalue weighted by atomic mass is 10.1. The summed E-state index contributed by atoms with van der Waals surface area (Å²) in [4.78, 5) is 0. The second-order valence-electron chi connectivity index (χ2n) is 4.42. The molecule has 0 unspecified atom stereocenters. The highest BCUT2D eigenvalue weighted by Gasteiger charge is 2.03. The molecule has 0 fully saturated rings. The first-order valence-corrected chi connectivity index (χ1v) is 7.14. The molecule has 2 rings (SSSR count). The fraction of sp³-hybridized carbons (Fsp3) is 0.250. The van der Waals surface area contributed by atoms with E-state index in [9.17, 15) is 4.39 Å². The van der Waals surface area contributed by atoms with Gasteiger partial charge in [0.2, 0.25) is 0 Å². The predicted octanol–water partition coefficient (Wildman–Crippen LogP) is 5.12. The average molecular weight is 323 g/mol. The largest absolute Gasteiger partial charge is 0.489 e. The average Bonchev–Trinajstić information content (AvgIpc) is 2.40. The molecule has 1 nitrogen and oxygen atoms in total. The van der Waals surface area contributed by atoms with Crippen LogP contribution in [0.5, 0.6) is 5.75 Å². The Bertz CT molecular complexity index is 537. The van der Waals surface area contributed by atoms with E-state index in [0.717, 1.165) is 28.6 Å². The van der Waals surface area contributed by atoms with Crippen LogP contribution in [0.2, 0.25) is 0 Å². The molecule has 3 heteroatoms. The highest BCUT2D eigenvalue weighted by molar-refractivity contribution is 9.10. The van der Waals surface area contributed by atoms with Crippen LogP contribution in [-0.4, -0.2) is 0 Å². The van der Waals surface area contributed by atoms with Crippen molar-refractivity contribution in [2.45, 2.75) is 26.4 Å². The van der Waals surface area contributed by atoms with Gasteiger partial charge < -0.3 is 4.74 Å². The summed E-state index contributed by atoms with van der Waals surface area (Å²) >= 11 is 3.33. The summed E-state index contributed by atoms with van der Waals surface area (Å²) in [6, 6.07) is 12.7. The van der Waals surface area contributed by atoms with Crippen LogP contribution in [0.1, 0.15) is 24.5 Å². The zero-order valence-corrected chi connectivity index (χ0v) is 12.4. The molecule has 0 amide bonds. The highest BCUT2D eigenvalue weighted by Crippen LogP contribution is 2.21. The third kappa shape index (κ3) is 4.06. The van der Waals surface area contributed by atoms with Crippen LogP contribution < -0.4 is 4.74 Å². The maximum absolute atomic E-state index is 13.0. The second kappa shape index (κ2) is 6.71. The minimum absolute atomic E-state index is 0.250. The zero-order chi connectivity index (χ0) is 13.7. The molecule has 2 aromatic carbocycles. The first-order valence-electron chi connectivity index (χ1n) is 6.34. The first-order chi connectivity index (χ1) is 9.19. The maximum atomic E-state index is 13.0. The summed E-state index contributed by atoms with van der Waals surface area (Å²) in [6.07, 6.45) is 2.23. The van der Waals surface area contributed by atoms with E-state index in [-0.39, 0.29) is 5.82 Å². The Morgan fingerprint density at radius 1 is 1.11 bits per heavy atom. The summed E-state index contributed by atoms with van der Waals surface area (Å²) in [6.45, 7) is 2.59. The molecule has 0 aromatic heterocycles. The normalized spacial score (nSPS) is 10.5. The SMILES string of the molecule is CCCc1ccc(OCc2ccc(F)cc2Br)cc1. The molecule has 0 heterocycles. The molecule has 0 aliphatic rings. The van der Waals surface area contributed by atoms with Crippen molar-refractivity contribution < 1.29 is 9.13 Å². The standard InChI is InChI=1S/C16H16BrFO/c1-2-3-12-4-8-15(9-5-12)19-11-13-6-7-14(18)10-16(13)17/h4-10H,2-3,11H2,1H3. The Hall–Kier alpha value is -1.35. The third-order valence-corrected chi connectivity index (χ3v) is 3.61. The quantitative estimate of drug-likeness (QED) is 0.742. The van der Waals surface area contributed by atoms with Crippen LogP contribution in [0, 0.1) is 5.82 Å². The molecule has 0 aliphatic carbocycles. The molecule has 0 bridgehead atoms. The van der Waals surface area contributed by atoms with E-state index in [0.29, 0.717) is 6.61 Å². The third-order valence-electron chi connectivity index (χ3n) is 2.87. The lowest BCUT2D eigenvalue weighted by molar-refractivity contribution is 0.305. The van der Waals surface area contributed by atoms with Gasteiger partial charge in [-0.25, -0.2) is 4.39 Å². The van der Waals surface area contributed by atoms with Gasteiger partial charge in [-0.05, 0) is 36.2 Å². The van der Waals surface area contributed by atoms with Crippen molar-refractivity contribution in [2.24, 2.45) is 0 Å². The van der Waals surface area contributed by atoms with Gasteiger partial charge in [0.25, 0.3) is 0 Å². The molecule has 0 atom stereocenters. The fourth-order valence-corrected chi connectivity index (χ4v) is 2.31. The summed E-state index contributed by atoms with van der Waals surface area (Å²) in [5, 5.41) is 0. The van der Waals surface area contributed by atoms with Crippen molar-refractivity contribution in [3.05, 3.63) is 63.9 Å². The van der Waals surface area contributed by atoms with Crippen molar-refractivity contribution in [1.29, 1.82) is 0 Å². The lowest BCUT2D eigenvalue weighted by Gasteiger charge is -2.08. The van der Waals surface area contributed by atoms with E-state index in [4.69, 9.17) is 4.74 Å². The molecule has 0 spiro atoms. The number of rotatable bonds is 5. The molecular formula is C16H16BrFO. The molecule has 0 N–H and O–H groups in total. The Morgan fingerprint density at radius 2 is 1.84 bits per heavy atom. The van der Waals surface area contributed by atoms with Crippen LogP contribution in [0.4, 0.5) is 4.39 Å². The summed E-state index contributed by atoms with van der Waals surface area (Å²) in [7, 11) is 0. The van der Waals surface area contributed by atoms with Crippen LogP contribution >= 0.6 is 15.9 Å². The Kier molecular flexibility index (Phi) is 4.97. The Balaban J connectivity index is 1.98. The fourth-order valence-electron chi connectivity index (χ4n) is 1.84. The molecule has 2 aromatic rings. The van der Waals surface area contributed by atoms with Gasteiger partial charge in [-0.2, -0.15) is 0 Å². The van der Waals surface area contributed by atoms with Gasteiger partial charge in [-0.3, -0.25) is 0 Å². The summed E-state index contributed by atoms with van der Waals surface area (Å²) in [5.74, 6) is 0.579. The number of hydrogen-bond acceptors (Lipinski definition) is 1. The van der Waals surface area contributed by atoms with E-state index in [2.05, 4.69) is 35.0 Å². The van der Waals surface area contributed by atoms with E-state index in [1.165, 1.54) is 17.7 Å². The van der Waals surface area contributed by atoms with E-state index < -0.39 is 0 Å². The van der Waals surface area contributed by atoms with E-state index >= 15 is 0 Å². The molecule has 0 saturated carbocycles.